The molecule has 1 aromatic carbocycles. The fourth-order valence-corrected chi connectivity index (χ4v) is 2.20. The van der Waals surface area contributed by atoms with Crippen molar-refractivity contribution in [3.05, 3.63) is 23.8 Å². The highest BCUT2D eigenvalue weighted by molar-refractivity contribution is 5.82. The van der Waals surface area contributed by atoms with E-state index in [2.05, 4.69) is 4.74 Å². The van der Waals surface area contributed by atoms with Gasteiger partial charge in [-0.1, -0.05) is 18.9 Å². The molecule has 1 atom stereocenters. The average molecular weight is 285 g/mol. The topological polar surface area (TPSA) is 61.5 Å². The van der Waals surface area contributed by atoms with Gasteiger partial charge in [-0.15, -0.1) is 0 Å². The number of rotatable bonds is 7. The molecule has 0 radical (unpaired) electrons. The smallest absolute Gasteiger partial charge is 0.387 e. The second kappa shape index (κ2) is 6.07. The summed E-state index contributed by atoms with van der Waals surface area (Å²) in [5, 5.41) is 0. The van der Waals surface area contributed by atoms with Gasteiger partial charge in [-0.25, -0.2) is 0 Å². The van der Waals surface area contributed by atoms with Crippen LogP contribution in [0.3, 0.4) is 0 Å². The van der Waals surface area contributed by atoms with E-state index in [9.17, 15) is 13.6 Å². The Morgan fingerprint density at radius 3 is 2.60 bits per heavy atom. The number of carbonyl (C=O) groups is 1. The molecule has 110 valence electrons. The van der Waals surface area contributed by atoms with Gasteiger partial charge in [-0.2, -0.15) is 8.78 Å². The Labute approximate surface area is 115 Å². The van der Waals surface area contributed by atoms with Gasteiger partial charge in [0.2, 0.25) is 5.91 Å². The van der Waals surface area contributed by atoms with Crippen molar-refractivity contribution in [3.8, 4) is 11.5 Å². The molecule has 1 unspecified atom stereocenters. The Morgan fingerprint density at radius 2 is 2.10 bits per heavy atom. The van der Waals surface area contributed by atoms with Crippen molar-refractivity contribution < 1.29 is 23.0 Å². The molecule has 1 aliphatic carbocycles. The Bertz CT molecular complexity index is 489. The number of carbonyl (C=O) groups excluding carboxylic acids is 1. The van der Waals surface area contributed by atoms with Crippen LogP contribution in [-0.2, 0) is 4.79 Å². The number of amides is 1. The molecule has 1 aliphatic rings. The molecule has 1 fully saturated rings. The molecule has 0 saturated heterocycles. The van der Waals surface area contributed by atoms with Crippen LogP contribution in [0.15, 0.2) is 18.2 Å². The average Bonchev–Trinajstić information content (AvgIpc) is 3.19. The lowest BCUT2D eigenvalue weighted by atomic mass is 9.92. The van der Waals surface area contributed by atoms with Crippen molar-refractivity contribution in [1.29, 1.82) is 0 Å². The minimum Gasteiger partial charge on any atom is -0.493 e. The van der Waals surface area contributed by atoms with E-state index >= 15 is 0 Å². The SMILES string of the molecule is COc1cc(C(CC2CC2)C(N)=O)ccc1OC(F)F. The van der Waals surface area contributed by atoms with Gasteiger partial charge in [0.25, 0.3) is 0 Å². The zero-order chi connectivity index (χ0) is 14.7. The first kappa shape index (κ1) is 14.6. The summed E-state index contributed by atoms with van der Waals surface area (Å²) in [5.74, 6) is -0.195. The number of hydrogen-bond acceptors (Lipinski definition) is 3. The van der Waals surface area contributed by atoms with Gasteiger partial charge >= 0.3 is 6.61 Å². The summed E-state index contributed by atoms with van der Waals surface area (Å²) in [6.07, 6.45) is 2.90. The van der Waals surface area contributed by atoms with Crippen LogP contribution in [0, 0.1) is 5.92 Å². The maximum absolute atomic E-state index is 12.3. The first-order chi connectivity index (χ1) is 9.51. The third-order valence-corrected chi connectivity index (χ3v) is 3.42. The van der Waals surface area contributed by atoms with Crippen molar-refractivity contribution in [2.75, 3.05) is 7.11 Å². The van der Waals surface area contributed by atoms with Crippen LogP contribution in [0.2, 0.25) is 0 Å². The van der Waals surface area contributed by atoms with Crippen molar-refractivity contribution in [3.63, 3.8) is 0 Å². The van der Waals surface area contributed by atoms with Crippen LogP contribution in [0.5, 0.6) is 11.5 Å². The summed E-state index contributed by atoms with van der Waals surface area (Å²) in [6, 6.07) is 4.50. The molecule has 0 bridgehead atoms. The number of halogens is 2. The summed E-state index contributed by atoms with van der Waals surface area (Å²) in [5.41, 5.74) is 6.09. The highest BCUT2D eigenvalue weighted by atomic mass is 19.3. The lowest BCUT2D eigenvalue weighted by Gasteiger charge is -2.16. The van der Waals surface area contributed by atoms with E-state index in [1.54, 1.807) is 6.07 Å². The molecule has 0 aromatic heterocycles. The molecule has 2 rings (SSSR count). The highest BCUT2D eigenvalue weighted by Crippen LogP contribution is 2.40. The lowest BCUT2D eigenvalue weighted by molar-refractivity contribution is -0.119. The summed E-state index contributed by atoms with van der Waals surface area (Å²) < 4.78 is 33.9. The van der Waals surface area contributed by atoms with E-state index < -0.39 is 18.4 Å². The van der Waals surface area contributed by atoms with Crippen LogP contribution < -0.4 is 15.2 Å². The Hall–Kier alpha value is -1.85. The van der Waals surface area contributed by atoms with E-state index in [-0.39, 0.29) is 11.5 Å². The molecule has 1 aromatic rings. The van der Waals surface area contributed by atoms with Gasteiger partial charge in [0.05, 0.1) is 13.0 Å². The standard InChI is InChI=1S/C14H17F2NO3/c1-19-12-7-9(4-5-11(12)20-14(15)16)10(13(17)18)6-8-2-3-8/h4-5,7-8,10,14H,2-3,6H2,1H3,(H2,17,18). The Balaban J connectivity index is 2.23. The predicted molar refractivity (Wildman–Crippen MR) is 68.9 cm³/mol. The van der Waals surface area contributed by atoms with Crippen LogP contribution in [0.25, 0.3) is 0 Å². The van der Waals surface area contributed by atoms with Crippen LogP contribution in [0.1, 0.15) is 30.7 Å². The number of ether oxygens (including phenoxy) is 2. The lowest BCUT2D eigenvalue weighted by Crippen LogP contribution is -2.22. The monoisotopic (exact) mass is 285 g/mol. The fraction of sp³-hybridized carbons (Fsp3) is 0.500. The first-order valence-corrected chi connectivity index (χ1v) is 6.43. The summed E-state index contributed by atoms with van der Waals surface area (Å²) >= 11 is 0. The number of nitrogens with two attached hydrogens (primary N) is 1. The zero-order valence-electron chi connectivity index (χ0n) is 11.1. The van der Waals surface area contributed by atoms with Gasteiger partial charge in [-0.05, 0) is 30.0 Å². The van der Waals surface area contributed by atoms with E-state index in [4.69, 9.17) is 10.5 Å². The van der Waals surface area contributed by atoms with Gasteiger partial charge in [0.1, 0.15) is 0 Å². The number of primary amides is 1. The highest BCUT2D eigenvalue weighted by Gasteiger charge is 2.29. The van der Waals surface area contributed by atoms with Crippen molar-refractivity contribution in [2.24, 2.45) is 11.7 Å². The third-order valence-electron chi connectivity index (χ3n) is 3.42. The first-order valence-electron chi connectivity index (χ1n) is 6.43. The maximum Gasteiger partial charge on any atom is 0.387 e. The van der Waals surface area contributed by atoms with E-state index in [1.807, 2.05) is 0 Å². The zero-order valence-corrected chi connectivity index (χ0v) is 11.1. The molecular formula is C14H17F2NO3. The summed E-state index contributed by atoms with van der Waals surface area (Å²) in [7, 11) is 1.36. The van der Waals surface area contributed by atoms with Gasteiger partial charge in [0, 0.05) is 0 Å². The molecule has 0 aliphatic heterocycles. The molecule has 0 heterocycles. The molecule has 1 saturated carbocycles. The third kappa shape index (κ3) is 3.59. The van der Waals surface area contributed by atoms with E-state index in [1.165, 1.54) is 19.2 Å². The molecule has 2 N–H and O–H groups in total. The van der Waals surface area contributed by atoms with Gasteiger partial charge in [0.15, 0.2) is 11.5 Å². The second-order valence-corrected chi connectivity index (χ2v) is 4.92. The minimum atomic E-state index is -2.92. The quantitative estimate of drug-likeness (QED) is 0.837. The largest absolute Gasteiger partial charge is 0.493 e. The summed E-state index contributed by atoms with van der Waals surface area (Å²) in [6.45, 7) is -2.92. The maximum atomic E-state index is 12.3. The Kier molecular flexibility index (Phi) is 4.42. The van der Waals surface area contributed by atoms with Crippen LogP contribution in [0.4, 0.5) is 8.78 Å². The molecule has 1 amide bonds. The van der Waals surface area contributed by atoms with E-state index in [0.29, 0.717) is 17.9 Å². The van der Waals surface area contributed by atoms with Gasteiger partial charge in [-0.3, -0.25) is 4.79 Å². The molecule has 20 heavy (non-hydrogen) atoms. The van der Waals surface area contributed by atoms with Crippen molar-refractivity contribution >= 4 is 5.91 Å². The van der Waals surface area contributed by atoms with E-state index in [0.717, 1.165) is 12.8 Å². The second-order valence-electron chi connectivity index (χ2n) is 4.92. The number of alkyl halides is 2. The van der Waals surface area contributed by atoms with Crippen molar-refractivity contribution in [2.45, 2.75) is 31.8 Å². The minimum absolute atomic E-state index is 0.0547. The fourth-order valence-electron chi connectivity index (χ4n) is 2.20. The van der Waals surface area contributed by atoms with Gasteiger partial charge < -0.3 is 15.2 Å². The number of methoxy groups -OCH3 is 1. The van der Waals surface area contributed by atoms with Crippen LogP contribution >= 0.6 is 0 Å². The van der Waals surface area contributed by atoms with Crippen molar-refractivity contribution in [1.82, 2.24) is 0 Å². The molecule has 4 nitrogen and oxygen atoms in total. The predicted octanol–water partition coefficient (Wildman–Crippen LogP) is 2.67. The number of benzene rings is 1. The Morgan fingerprint density at radius 1 is 1.40 bits per heavy atom. The molecule has 6 heteroatoms. The molecular weight excluding hydrogens is 268 g/mol. The van der Waals surface area contributed by atoms with Crippen LogP contribution in [-0.4, -0.2) is 19.6 Å². The summed E-state index contributed by atoms with van der Waals surface area (Å²) in [4.78, 5) is 11.6. The normalized spacial score (nSPS) is 16.0. The molecule has 0 spiro atoms. The number of hydrogen-bond donors (Lipinski definition) is 1.